The maximum atomic E-state index is 12.2. The van der Waals surface area contributed by atoms with Crippen LogP contribution >= 0.6 is 0 Å². The van der Waals surface area contributed by atoms with Gasteiger partial charge < -0.3 is 9.64 Å². The lowest BCUT2D eigenvalue weighted by Crippen LogP contribution is -2.42. The SMILES string of the molecule is COC(=O)C1CCCN(C(=O)c2cncnc2)C1. The van der Waals surface area contributed by atoms with Crippen LogP contribution in [-0.4, -0.2) is 46.9 Å². The minimum Gasteiger partial charge on any atom is -0.469 e. The van der Waals surface area contributed by atoms with Gasteiger partial charge in [0, 0.05) is 25.5 Å². The summed E-state index contributed by atoms with van der Waals surface area (Å²) in [6, 6.07) is 0. The van der Waals surface area contributed by atoms with E-state index in [4.69, 9.17) is 4.74 Å². The number of nitrogens with zero attached hydrogens (tertiary/aromatic N) is 3. The highest BCUT2D eigenvalue weighted by molar-refractivity contribution is 5.94. The number of methoxy groups -OCH3 is 1. The molecule has 1 atom stereocenters. The molecule has 0 aliphatic carbocycles. The predicted octanol–water partition coefficient (Wildman–Crippen LogP) is 0.502. The van der Waals surface area contributed by atoms with Crippen molar-refractivity contribution < 1.29 is 14.3 Å². The molecule has 1 aliphatic heterocycles. The van der Waals surface area contributed by atoms with E-state index in [2.05, 4.69) is 9.97 Å². The number of likely N-dealkylation sites (tertiary alicyclic amines) is 1. The van der Waals surface area contributed by atoms with E-state index in [0.717, 1.165) is 12.8 Å². The summed E-state index contributed by atoms with van der Waals surface area (Å²) >= 11 is 0. The topological polar surface area (TPSA) is 72.4 Å². The van der Waals surface area contributed by atoms with Crippen molar-refractivity contribution in [1.29, 1.82) is 0 Å². The highest BCUT2D eigenvalue weighted by atomic mass is 16.5. The molecule has 0 aromatic carbocycles. The fourth-order valence-electron chi connectivity index (χ4n) is 2.11. The second-order valence-corrected chi connectivity index (χ2v) is 4.24. The lowest BCUT2D eigenvalue weighted by molar-refractivity contribution is -0.146. The number of carbonyl (C=O) groups excluding carboxylic acids is 2. The van der Waals surface area contributed by atoms with Crippen molar-refractivity contribution >= 4 is 11.9 Å². The minimum absolute atomic E-state index is 0.135. The summed E-state index contributed by atoms with van der Waals surface area (Å²) in [4.78, 5) is 32.9. The Morgan fingerprint density at radius 2 is 2.11 bits per heavy atom. The summed E-state index contributed by atoms with van der Waals surface area (Å²) in [6.07, 6.45) is 5.92. The van der Waals surface area contributed by atoms with E-state index < -0.39 is 0 Å². The van der Waals surface area contributed by atoms with Crippen LogP contribution in [-0.2, 0) is 9.53 Å². The van der Waals surface area contributed by atoms with Crippen molar-refractivity contribution in [3.63, 3.8) is 0 Å². The molecule has 0 bridgehead atoms. The Morgan fingerprint density at radius 3 is 2.78 bits per heavy atom. The Hall–Kier alpha value is -1.98. The Kier molecular flexibility index (Phi) is 3.86. The van der Waals surface area contributed by atoms with Crippen LogP contribution in [0.15, 0.2) is 18.7 Å². The third-order valence-electron chi connectivity index (χ3n) is 3.05. The Labute approximate surface area is 105 Å². The van der Waals surface area contributed by atoms with Crippen LogP contribution in [0.1, 0.15) is 23.2 Å². The van der Waals surface area contributed by atoms with Crippen molar-refractivity contribution in [2.45, 2.75) is 12.8 Å². The molecule has 1 aliphatic rings. The zero-order chi connectivity index (χ0) is 13.0. The lowest BCUT2D eigenvalue weighted by atomic mass is 9.98. The number of rotatable bonds is 2. The van der Waals surface area contributed by atoms with Crippen molar-refractivity contribution in [3.8, 4) is 0 Å². The van der Waals surface area contributed by atoms with Crippen LogP contribution in [0, 0.1) is 5.92 Å². The molecular formula is C12H15N3O3. The first-order valence-corrected chi connectivity index (χ1v) is 5.84. The average Bonchev–Trinajstić information content (AvgIpc) is 2.46. The molecule has 0 spiro atoms. The second-order valence-electron chi connectivity index (χ2n) is 4.24. The molecule has 1 aromatic heterocycles. The minimum atomic E-state index is -0.253. The molecule has 6 heteroatoms. The first kappa shape index (κ1) is 12.5. The number of amides is 1. The van der Waals surface area contributed by atoms with Gasteiger partial charge in [0.05, 0.1) is 18.6 Å². The lowest BCUT2D eigenvalue weighted by Gasteiger charge is -2.31. The van der Waals surface area contributed by atoms with E-state index in [1.54, 1.807) is 4.90 Å². The number of carbonyl (C=O) groups is 2. The molecule has 0 saturated carbocycles. The third kappa shape index (κ3) is 2.64. The number of hydrogen-bond acceptors (Lipinski definition) is 5. The zero-order valence-corrected chi connectivity index (χ0v) is 10.2. The second kappa shape index (κ2) is 5.57. The van der Waals surface area contributed by atoms with Crippen LogP contribution in [0.5, 0.6) is 0 Å². The molecule has 1 unspecified atom stereocenters. The van der Waals surface area contributed by atoms with E-state index >= 15 is 0 Å². The van der Waals surface area contributed by atoms with E-state index in [-0.39, 0.29) is 17.8 Å². The molecule has 96 valence electrons. The van der Waals surface area contributed by atoms with E-state index in [9.17, 15) is 9.59 Å². The van der Waals surface area contributed by atoms with Gasteiger partial charge in [-0.05, 0) is 12.8 Å². The van der Waals surface area contributed by atoms with Gasteiger partial charge in [0.15, 0.2) is 0 Å². The fourth-order valence-corrected chi connectivity index (χ4v) is 2.11. The molecule has 1 saturated heterocycles. The smallest absolute Gasteiger partial charge is 0.310 e. The molecular weight excluding hydrogens is 234 g/mol. The monoisotopic (exact) mass is 249 g/mol. The molecule has 6 nitrogen and oxygen atoms in total. The van der Waals surface area contributed by atoms with Crippen LogP contribution in [0.3, 0.4) is 0 Å². The quantitative estimate of drug-likeness (QED) is 0.714. The highest BCUT2D eigenvalue weighted by Crippen LogP contribution is 2.19. The largest absolute Gasteiger partial charge is 0.469 e. The van der Waals surface area contributed by atoms with Gasteiger partial charge in [-0.3, -0.25) is 9.59 Å². The summed E-state index contributed by atoms with van der Waals surface area (Å²) < 4.78 is 4.72. The highest BCUT2D eigenvalue weighted by Gasteiger charge is 2.29. The summed E-state index contributed by atoms with van der Waals surface area (Å²) in [5.74, 6) is -0.613. The summed E-state index contributed by atoms with van der Waals surface area (Å²) in [5.41, 5.74) is 0.447. The first-order chi connectivity index (χ1) is 8.72. The number of esters is 1. The van der Waals surface area contributed by atoms with E-state index in [1.165, 1.54) is 25.8 Å². The molecule has 1 aromatic rings. The first-order valence-electron chi connectivity index (χ1n) is 5.84. The van der Waals surface area contributed by atoms with Gasteiger partial charge in [-0.25, -0.2) is 9.97 Å². The van der Waals surface area contributed by atoms with Crippen molar-refractivity contribution in [3.05, 3.63) is 24.3 Å². The number of piperidine rings is 1. The van der Waals surface area contributed by atoms with Gasteiger partial charge in [0.25, 0.3) is 5.91 Å². The van der Waals surface area contributed by atoms with Gasteiger partial charge in [-0.1, -0.05) is 0 Å². The van der Waals surface area contributed by atoms with Gasteiger partial charge in [0.2, 0.25) is 0 Å². The molecule has 2 heterocycles. The molecule has 2 rings (SSSR count). The van der Waals surface area contributed by atoms with Crippen LogP contribution in [0.25, 0.3) is 0 Å². The number of ether oxygens (including phenoxy) is 1. The Morgan fingerprint density at radius 1 is 1.39 bits per heavy atom. The van der Waals surface area contributed by atoms with Gasteiger partial charge in [-0.2, -0.15) is 0 Å². The van der Waals surface area contributed by atoms with Crippen LogP contribution in [0.4, 0.5) is 0 Å². The van der Waals surface area contributed by atoms with Crippen molar-refractivity contribution in [2.75, 3.05) is 20.2 Å². The van der Waals surface area contributed by atoms with Gasteiger partial charge in [-0.15, -0.1) is 0 Å². The fraction of sp³-hybridized carbons (Fsp3) is 0.500. The average molecular weight is 249 g/mol. The van der Waals surface area contributed by atoms with E-state index in [1.807, 2.05) is 0 Å². The van der Waals surface area contributed by atoms with Crippen LogP contribution in [0.2, 0.25) is 0 Å². The van der Waals surface area contributed by atoms with Crippen molar-refractivity contribution in [1.82, 2.24) is 14.9 Å². The zero-order valence-electron chi connectivity index (χ0n) is 10.2. The van der Waals surface area contributed by atoms with Gasteiger partial charge in [0.1, 0.15) is 6.33 Å². The summed E-state index contributed by atoms with van der Waals surface area (Å²) in [6.45, 7) is 1.06. The normalized spacial score (nSPS) is 19.4. The number of hydrogen-bond donors (Lipinski definition) is 0. The Bertz CT molecular complexity index is 435. The molecule has 0 radical (unpaired) electrons. The molecule has 18 heavy (non-hydrogen) atoms. The predicted molar refractivity (Wildman–Crippen MR) is 62.7 cm³/mol. The standard InChI is InChI=1S/C12H15N3O3/c1-18-12(17)9-3-2-4-15(7-9)11(16)10-5-13-8-14-6-10/h5-6,8-9H,2-4,7H2,1H3. The third-order valence-corrected chi connectivity index (χ3v) is 3.05. The summed E-state index contributed by atoms with van der Waals surface area (Å²) in [7, 11) is 1.37. The molecule has 1 fully saturated rings. The maximum absolute atomic E-state index is 12.2. The maximum Gasteiger partial charge on any atom is 0.310 e. The van der Waals surface area contributed by atoms with Gasteiger partial charge >= 0.3 is 5.97 Å². The molecule has 0 N–H and O–H groups in total. The van der Waals surface area contributed by atoms with Crippen LogP contribution < -0.4 is 0 Å². The molecule has 1 amide bonds. The van der Waals surface area contributed by atoms with Crippen molar-refractivity contribution in [2.24, 2.45) is 5.92 Å². The number of aromatic nitrogens is 2. The summed E-state index contributed by atoms with van der Waals surface area (Å²) in [5, 5.41) is 0. The van der Waals surface area contributed by atoms with E-state index in [0.29, 0.717) is 18.7 Å². The Balaban J connectivity index is 2.05.